The highest BCUT2D eigenvalue weighted by molar-refractivity contribution is 7.89. The van der Waals surface area contributed by atoms with E-state index in [1.54, 1.807) is 0 Å². The van der Waals surface area contributed by atoms with Crippen LogP contribution in [0, 0.1) is 6.92 Å². The average molecular weight is 290 g/mol. The summed E-state index contributed by atoms with van der Waals surface area (Å²) in [6.07, 6.45) is 0.799. The zero-order valence-corrected chi connectivity index (χ0v) is 12.5. The Morgan fingerprint density at radius 3 is 2.33 bits per heavy atom. The molecule has 0 amide bonds. The molecule has 0 saturated heterocycles. The highest BCUT2D eigenvalue weighted by Gasteiger charge is 2.20. The fourth-order valence-electron chi connectivity index (χ4n) is 1.69. The third-order valence-corrected chi connectivity index (χ3v) is 4.91. The third kappa shape index (κ3) is 4.59. The number of alkyl halides is 1. The number of hydrogen-bond donors (Lipinski definition) is 0. The Hall–Kier alpha value is -0.580. The standard InChI is InChI=1S/C13H20ClNO2S/c1-3-9-15(18(16,17)10-8-14)11-13-6-4-12(2)5-7-13/h4-7H,3,8-11H2,1-2H3. The summed E-state index contributed by atoms with van der Waals surface area (Å²) in [5.74, 6) is 0.136. The highest BCUT2D eigenvalue weighted by Crippen LogP contribution is 2.12. The second kappa shape index (κ2) is 7.12. The molecule has 0 radical (unpaired) electrons. The normalized spacial score (nSPS) is 12.0. The fourth-order valence-corrected chi connectivity index (χ4v) is 3.53. The van der Waals surface area contributed by atoms with E-state index < -0.39 is 10.0 Å². The van der Waals surface area contributed by atoms with Gasteiger partial charge in [0.15, 0.2) is 0 Å². The van der Waals surface area contributed by atoms with E-state index in [0.717, 1.165) is 12.0 Å². The number of aryl methyl sites for hydroxylation is 1. The molecule has 0 saturated carbocycles. The van der Waals surface area contributed by atoms with Crippen LogP contribution < -0.4 is 0 Å². The molecule has 0 spiro atoms. The molecule has 0 bridgehead atoms. The number of halogens is 1. The van der Waals surface area contributed by atoms with Crippen molar-refractivity contribution in [3.05, 3.63) is 35.4 Å². The molecule has 0 aliphatic rings. The van der Waals surface area contributed by atoms with Gasteiger partial charge in [0.25, 0.3) is 0 Å². The lowest BCUT2D eigenvalue weighted by molar-refractivity contribution is 0.406. The van der Waals surface area contributed by atoms with E-state index in [-0.39, 0.29) is 11.6 Å². The Morgan fingerprint density at radius 1 is 1.22 bits per heavy atom. The molecule has 0 N–H and O–H groups in total. The fraction of sp³-hybridized carbons (Fsp3) is 0.538. The molecule has 18 heavy (non-hydrogen) atoms. The molecule has 0 heterocycles. The van der Waals surface area contributed by atoms with Gasteiger partial charge in [0.05, 0.1) is 5.75 Å². The molecular weight excluding hydrogens is 270 g/mol. The van der Waals surface area contributed by atoms with Crippen molar-refractivity contribution in [2.75, 3.05) is 18.2 Å². The van der Waals surface area contributed by atoms with E-state index in [2.05, 4.69) is 0 Å². The van der Waals surface area contributed by atoms with Gasteiger partial charge in [-0.05, 0) is 18.9 Å². The maximum absolute atomic E-state index is 12.0. The molecule has 5 heteroatoms. The Bertz CT molecular complexity index is 456. The monoisotopic (exact) mass is 289 g/mol. The predicted octanol–water partition coefficient (Wildman–Crippen LogP) is 2.78. The predicted molar refractivity (Wildman–Crippen MR) is 76.4 cm³/mol. The molecule has 0 aromatic heterocycles. The van der Waals surface area contributed by atoms with Crippen molar-refractivity contribution in [3.63, 3.8) is 0 Å². The number of benzene rings is 1. The molecule has 0 aliphatic carbocycles. The zero-order chi connectivity index (χ0) is 13.6. The lowest BCUT2D eigenvalue weighted by Crippen LogP contribution is -2.33. The van der Waals surface area contributed by atoms with Crippen LogP contribution in [0.2, 0.25) is 0 Å². The largest absolute Gasteiger partial charge is 0.215 e. The molecule has 3 nitrogen and oxygen atoms in total. The first kappa shape index (κ1) is 15.5. The summed E-state index contributed by atoms with van der Waals surface area (Å²) >= 11 is 5.55. The Balaban J connectivity index is 2.83. The van der Waals surface area contributed by atoms with E-state index >= 15 is 0 Å². The number of nitrogens with zero attached hydrogens (tertiary/aromatic N) is 1. The number of sulfonamides is 1. The lowest BCUT2D eigenvalue weighted by atomic mass is 10.1. The summed E-state index contributed by atoms with van der Waals surface area (Å²) < 4.78 is 25.6. The van der Waals surface area contributed by atoms with Gasteiger partial charge in [-0.15, -0.1) is 11.6 Å². The Kier molecular flexibility index (Phi) is 6.12. The van der Waals surface area contributed by atoms with Gasteiger partial charge in [-0.1, -0.05) is 36.8 Å². The molecule has 0 aliphatic heterocycles. The quantitative estimate of drug-likeness (QED) is 0.724. The maximum Gasteiger partial charge on any atom is 0.215 e. The van der Waals surface area contributed by atoms with Crippen molar-refractivity contribution < 1.29 is 8.42 Å². The second-order valence-corrected chi connectivity index (χ2v) is 6.79. The Morgan fingerprint density at radius 2 is 1.83 bits per heavy atom. The molecule has 0 unspecified atom stereocenters. The van der Waals surface area contributed by atoms with Gasteiger partial charge in [0.2, 0.25) is 10.0 Å². The third-order valence-electron chi connectivity index (χ3n) is 2.68. The van der Waals surface area contributed by atoms with Crippen LogP contribution in [0.1, 0.15) is 24.5 Å². The summed E-state index contributed by atoms with van der Waals surface area (Å²) in [4.78, 5) is 0. The first-order valence-electron chi connectivity index (χ1n) is 6.09. The van der Waals surface area contributed by atoms with E-state index in [9.17, 15) is 8.42 Å². The molecule has 1 aromatic carbocycles. The molecule has 0 atom stereocenters. The van der Waals surface area contributed by atoms with Crippen LogP contribution >= 0.6 is 11.6 Å². The van der Waals surface area contributed by atoms with Gasteiger partial charge in [-0.3, -0.25) is 0 Å². The molecule has 1 aromatic rings. The molecule has 102 valence electrons. The molecule has 0 fully saturated rings. The van der Waals surface area contributed by atoms with E-state index in [1.165, 1.54) is 9.87 Å². The van der Waals surface area contributed by atoms with E-state index in [4.69, 9.17) is 11.6 Å². The first-order valence-corrected chi connectivity index (χ1v) is 8.23. The van der Waals surface area contributed by atoms with Crippen LogP contribution in [0.15, 0.2) is 24.3 Å². The molecular formula is C13H20ClNO2S. The van der Waals surface area contributed by atoms with Crippen molar-refractivity contribution in [3.8, 4) is 0 Å². The van der Waals surface area contributed by atoms with Gasteiger partial charge in [0, 0.05) is 19.0 Å². The lowest BCUT2D eigenvalue weighted by Gasteiger charge is -2.21. The maximum atomic E-state index is 12.0. The number of hydrogen-bond acceptors (Lipinski definition) is 2. The zero-order valence-electron chi connectivity index (χ0n) is 10.9. The first-order chi connectivity index (χ1) is 8.49. The second-order valence-electron chi connectivity index (χ2n) is 4.32. The Labute approximate surface area is 115 Å². The van der Waals surface area contributed by atoms with Crippen LogP contribution in [0.5, 0.6) is 0 Å². The van der Waals surface area contributed by atoms with Gasteiger partial charge in [-0.2, -0.15) is 4.31 Å². The summed E-state index contributed by atoms with van der Waals surface area (Å²) in [6, 6.07) is 7.92. The van der Waals surface area contributed by atoms with Crippen LogP contribution in [-0.2, 0) is 16.6 Å². The average Bonchev–Trinajstić information content (AvgIpc) is 2.31. The van der Waals surface area contributed by atoms with Crippen LogP contribution in [0.3, 0.4) is 0 Å². The minimum Gasteiger partial charge on any atom is -0.212 e. The van der Waals surface area contributed by atoms with E-state index in [1.807, 2.05) is 38.1 Å². The van der Waals surface area contributed by atoms with Gasteiger partial charge in [-0.25, -0.2) is 8.42 Å². The smallest absolute Gasteiger partial charge is 0.212 e. The summed E-state index contributed by atoms with van der Waals surface area (Å²) in [5.41, 5.74) is 2.18. The van der Waals surface area contributed by atoms with Crippen LogP contribution in [0.25, 0.3) is 0 Å². The summed E-state index contributed by atoms with van der Waals surface area (Å²) in [5, 5.41) is 0. The number of rotatable bonds is 7. The highest BCUT2D eigenvalue weighted by atomic mass is 35.5. The van der Waals surface area contributed by atoms with Crippen LogP contribution in [-0.4, -0.2) is 30.9 Å². The van der Waals surface area contributed by atoms with Gasteiger partial charge < -0.3 is 0 Å². The SMILES string of the molecule is CCCN(Cc1ccc(C)cc1)S(=O)(=O)CCCl. The van der Waals surface area contributed by atoms with E-state index in [0.29, 0.717) is 13.1 Å². The van der Waals surface area contributed by atoms with Gasteiger partial charge >= 0.3 is 0 Å². The van der Waals surface area contributed by atoms with Crippen molar-refractivity contribution in [1.29, 1.82) is 0 Å². The summed E-state index contributed by atoms with van der Waals surface area (Å²) in [6.45, 7) is 4.94. The van der Waals surface area contributed by atoms with Crippen LogP contribution in [0.4, 0.5) is 0 Å². The van der Waals surface area contributed by atoms with Crippen molar-refractivity contribution in [1.82, 2.24) is 4.31 Å². The minimum absolute atomic E-state index is 0.000414. The van der Waals surface area contributed by atoms with Crippen molar-refractivity contribution in [2.45, 2.75) is 26.8 Å². The van der Waals surface area contributed by atoms with Crippen molar-refractivity contribution >= 4 is 21.6 Å². The topological polar surface area (TPSA) is 37.4 Å². The minimum atomic E-state index is -3.24. The summed E-state index contributed by atoms with van der Waals surface area (Å²) in [7, 11) is -3.24. The molecule has 1 rings (SSSR count). The van der Waals surface area contributed by atoms with Crippen molar-refractivity contribution in [2.24, 2.45) is 0 Å². The van der Waals surface area contributed by atoms with Gasteiger partial charge in [0.1, 0.15) is 0 Å².